The molecule has 2 aromatic rings. The zero-order valence-corrected chi connectivity index (χ0v) is 23.4. The molecule has 0 N–H and O–H groups in total. The Hall–Kier alpha value is -0.820. The number of hydrogen-bond acceptors (Lipinski definition) is 0. The molecule has 0 fully saturated rings. The van der Waals surface area contributed by atoms with E-state index in [9.17, 15) is 0 Å². The molecule has 0 bridgehead atoms. The first-order valence-corrected chi connectivity index (χ1v) is 6.96. The van der Waals surface area contributed by atoms with Crippen LogP contribution in [0.5, 0.6) is 0 Å². The van der Waals surface area contributed by atoms with Gasteiger partial charge in [0.05, 0.1) is 0 Å². The van der Waals surface area contributed by atoms with Gasteiger partial charge >= 0.3 is 0 Å². The molecule has 0 amide bonds. The number of fused-ring (bicyclic) bond motifs is 1. The van der Waals surface area contributed by atoms with Crippen LogP contribution in [0.3, 0.4) is 0 Å². The van der Waals surface area contributed by atoms with Gasteiger partial charge in [-0.3, -0.25) is 6.08 Å². The van der Waals surface area contributed by atoms with Crippen molar-refractivity contribution in [3.8, 4) is 0 Å². The second-order valence-corrected chi connectivity index (χ2v) is 5.56. The van der Waals surface area contributed by atoms with Crippen LogP contribution in [-0.4, -0.2) is 0 Å². The Kier molecular flexibility index (Phi) is 35.9. The quantitative estimate of drug-likeness (QED) is 0.255. The second-order valence-electron chi connectivity index (χ2n) is 5.56. The minimum Gasteiger partial charge on any atom is -0.358 e. The van der Waals surface area contributed by atoms with Gasteiger partial charge in [-0.2, -0.15) is 23.8 Å². The van der Waals surface area contributed by atoms with Crippen molar-refractivity contribution in [2.75, 3.05) is 0 Å². The van der Waals surface area contributed by atoms with Gasteiger partial charge in [-0.05, 0) is 13.8 Å². The molecule has 0 aliphatic heterocycles. The summed E-state index contributed by atoms with van der Waals surface area (Å²) in [4.78, 5) is 0. The van der Waals surface area contributed by atoms with Gasteiger partial charge in [-0.1, -0.05) is 42.9 Å². The molecular formula is C26H43Hf-9. The van der Waals surface area contributed by atoms with Crippen molar-refractivity contribution in [1.29, 1.82) is 0 Å². The maximum absolute atomic E-state index is 3.45. The van der Waals surface area contributed by atoms with Crippen LogP contribution in [0.4, 0.5) is 0 Å². The average Bonchev–Trinajstić information content (AvgIpc) is 3.01. The summed E-state index contributed by atoms with van der Waals surface area (Å²) in [6, 6.07) is 14.6. The van der Waals surface area contributed by atoms with Crippen LogP contribution >= 0.6 is 0 Å². The smallest absolute Gasteiger partial charge is 0 e. The van der Waals surface area contributed by atoms with Gasteiger partial charge in [0, 0.05) is 25.8 Å². The third-order valence-corrected chi connectivity index (χ3v) is 3.68. The fourth-order valence-electron chi connectivity index (χ4n) is 2.40. The van der Waals surface area contributed by atoms with Crippen molar-refractivity contribution in [3.05, 3.63) is 123 Å². The topological polar surface area (TPSA) is 0 Å². The maximum Gasteiger partial charge on any atom is 0 e. The largest absolute Gasteiger partial charge is 0.358 e. The molecule has 2 aromatic carbocycles. The third-order valence-electron chi connectivity index (χ3n) is 3.68. The van der Waals surface area contributed by atoms with Gasteiger partial charge in [-0.15, -0.1) is 11.6 Å². The fourth-order valence-corrected chi connectivity index (χ4v) is 2.40. The van der Waals surface area contributed by atoms with Gasteiger partial charge in [-0.25, -0.2) is 18.2 Å². The zero-order chi connectivity index (χ0) is 13.8. The zero-order valence-electron chi connectivity index (χ0n) is 19.8. The average molecular weight is 534 g/mol. The van der Waals surface area contributed by atoms with Crippen molar-refractivity contribution in [1.82, 2.24) is 0 Å². The number of hydrogen-bond donors (Lipinski definition) is 0. The Morgan fingerprint density at radius 2 is 1.26 bits per heavy atom. The standard InChI is InChI=1S/C14H17.C5H5.7CH3.Hf/c1-9(2)13-6-5-12-7-10(3)11(4)8-14(12)13;1-2-4-5-3-1;;;;;;;;/h5,7-9,13H,1-4H3;1-5H;7*1H3;/q9*-1;. The summed E-state index contributed by atoms with van der Waals surface area (Å²) >= 11 is 0. The Bertz CT molecular complexity index is 531. The SMILES string of the molecule is Cc1cc2c(cc1C)C(C(C)C)[C-]=C2.[CH3-].[CH3-].[CH3-].[CH3-].[CH3-].[CH3-].[CH3-].[Hf].c1cc[cH-]c1. The molecule has 0 nitrogen and oxygen atoms in total. The molecule has 1 heteroatoms. The summed E-state index contributed by atoms with van der Waals surface area (Å²) in [7, 11) is 0. The molecule has 0 radical (unpaired) electrons. The van der Waals surface area contributed by atoms with Crippen LogP contribution in [0.15, 0.2) is 42.5 Å². The van der Waals surface area contributed by atoms with E-state index in [1.807, 2.05) is 30.3 Å². The van der Waals surface area contributed by atoms with Gasteiger partial charge in [0.25, 0.3) is 0 Å². The van der Waals surface area contributed by atoms with E-state index in [1.165, 1.54) is 22.3 Å². The number of benzene rings is 1. The summed E-state index contributed by atoms with van der Waals surface area (Å²) in [6.07, 6.45) is 5.60. The van der Waals surface area contributed by atoms with E-state index in [-0.39, 0.29) is 77.8 Å². The first-order valence-electron chi connectivity index (χ1n) is 6.96. The van der Waals surface area contributed by atoms with Crippen molar-refractivity contribution in [2.45, 2.75) is 33.6 Å². The summed E-state index contributed by atoms with van der Waals surface area (Å²) in [5, 5.41) is 0. The molecule has 3 rings (SSSR count). The van der Waals surface area contributed by atoms with E-state index in [4.69, 9.17) is 0 Å². The minimum atomic E-state index is 0. The molecule has 27 heavy (non-hydrogen) atoms. The van der Waals surface area contributed by atoms with E-state index in [0.29, 0.717) is 11.8 Å². The first-order chi connectivity index (χ1) is 9.09. The fraction of sp³-hybridized carbons (Fsp3) is 0.231. The predicted molar refractivity (Wildman–Crippen MR) is 128 cm³/mol. The predicted octanol–water partition coefficient (Wildman–Crippen LogP) is 8.43. The van der Waals surface area contributed by atoms with Crippen LogP contribution < -0.4 is 0 Å². The number of allylic oxidation sites excluding steroid dienone is 1. The summed E-state index contributed by atoms with van der Waals surface area (Å²) in [5.74, 6) is 1.15. The van der Waals surface area contributed by atoms with E-state index in [0.717, 1.165) is 0 Å². The molecule has 0 aromatic heterocycles. The molecule has 1 aliphatic rings. The molecule has 1 atom stereocenters. The van der Waals surface area contributed by atoms with E-state index in [2.05, 4.69) is 52.0 Å². The van der Waals surface area contributed by atoms with Crippen LogP contribution in [0.1, 0.15) is 42.0 Å². The van der Waals surface area contributed by atoms with Crippen LogP contribution in [0.25, 0.3) is 6.08 Å². The summed E-state index contributed by atoms with van der Waals surface area (Å²) < 4.78 is 0. The number of aryl methyl sites for hydroxylation is 2. The van der Waals surface area contributed by atoms with Crippen molar-refractivity contribution >= 4 is 6.08 Å². The molecule has 0 heterocycles. The Morgan fingerprint density at radius 3 is 1.63 bits per heavy atom. The molecule has 0 saturated carbocycles. The van der Waals surface area contributed by atoms with Crippen molar-refractivity contribution in [2.24, 2.45) is 5.92 Å². The van der Waals surface area contributed by atoms with Crippen LogP contribution in [0.2, 0.25) is 0 Å². The van der Waals surface area contributed by atoms with Gasteiger partial charge in [0.2, 0.25) is 0 Å². The Morgan fingerprint density at radius 1 is 0.815 bits per heavy atom. The Labute approximate surface area is 193 Å². The van der Waals surface area contributed by atoms with Gasteiger partial charge < -0.3 is 52.0 Å². The molecule has 0 saturated heterocycles. The second kappa shape index (κ2) is 21.5. The molecule has 0 spiro atoms. The van der Waals surface area contributed by atoms with Crippen LogP contribution in [0, 0.1) is 77.8 Å². The Balaban J connectivity index is -0.0000000552. The van der Waals surface area contributed by atoms with Gasteiger partial charge in [0.1, 0.15) is 0 Å². The van der Waals surface area contributed by atoms with E-state index < -0.39 is 0 Å². The number of rotatable bonds is 1. The van der Waals surface area contributed by atoms with Crippen molar-refractivity contribution < 1.29 is 25.8 Å². The first kappa shape index (κ1) is 45.1. The minimum absolute atomic E-state index is 0. The van der Waals surface area contributed by atoms with Crippen molar-refractivity contribution in [3.63, 3.8) is 0 Å². The van der Waals surface area contributed by atoms with E-state index >= 15 is 0 Å². The summed E-state index contributed by atoms with van der Waals surface area (Å²) in [6.45, 7) is 8.88. The monoisotopic (exact) mass is 535 g/mol. The van der Waals surface area contributed by atoms with Gasteiger partial charge in [0.15, 0.2) is 0 Å². The maximum atomic E-state index is 3.45. The normalized spacial score (nSPS) is 11.4. The molecule has 1 aliphatic carbocycles. The molecule has 1 unspecified atom stereocenters. The summed E-state index contributed by atoms with van der Waals surface area (Å²) in [5.41, 5.74) is 5.60. The van der Waals surface area contributed by atoms with Crippen LogP contribution in [-0.2, 0) is 25.8 Å². The third kappa shape index (κ3) is 12.3. The molecule has 160 valence electrons. The van der Waals surface area contributed by atoms with E-state index in [1.54, 1.807) is 0 Å². The molecular weight excluding hydrogens is 491 g/mol.